The van der Waals surface area contributed by atoms with Crippen molar-refractivity contribution in [3.8, 4) is 0 Å². The molecular formula is C17H21F2NO3. The first-order chi connectivity index (χ1) is 10.8. The Morgan fingerprint density at radius 2 is 1.96 bits per heavy atom. The highest BCUT2D eigenvalue weighted by molar-refractivity contribution is 5.84. The fourth-order valence-electron chi connectivity index (χ4n) is 2.89. The lowest BCUT2D eigenvalue weighted by atomic mass is 9.82. The smallest absolute Gasteiger partial charge is 0.311 e. The van der Waals surface area contributed by atoms with E-state index in [1.54, 1.807) is 13.8 Å². The molecule has 0 aliphatic heterocycles. The molecule has 0 saturated heterocycles. The van der Waals surface area contributed by atoms with Crippen molar-refractivity contribution >= 4 is 11.9 Å². The molecule has 1 aliphatic rings. The van der Waals surface area contributed by atoms with E-state index in [0.717, 1.165) is 18.2 Å². The van der Waals surface area contributed by atoms with E-state index in [-0.39, 0.29) is 23.9 Å². The van der Waals surface area contributed by atoms with E-state index in [9.17, 15) is 23.5 Å². The van der Waals surface area contributed by atoms with Gasteiger partial charge in [0.15, 0.2) is 0 Å². The molecule has 0 radical (unpaired) electrons. The highest BCUT2D eigenvalue weighted by Crippen LogP contribution is 2.48. The molecule has 1 saturated carbocycles. The van der Waals surface area contributed by atoms with Gasteiger partial charge in [-0.15, -0.1) is 0 Å². The van der Waals surface area contributed by atoms with Crippen molar-refractivity contribution in [3.63, 3.8) is 0 Å². The number of carbonyl (C=O) groups is 2. The van der Waals surface area contributed by atoms with Gasteiger partial charge in [-0.05, 0) is 48.9 Å². The van der Waals surface area contributed by atoms with Crippen LogP contribution in [0.4, 0.5) is 8.78 Å². The van der Waals surface area contributed by atoms with Gasteiger partial charge in [-0.25, -0.2) is 8.78 Å². The summed E-state index contributed by atoms with van der Waals surface area (Å²) in [7, 11) is 0. The van der Waals surface area contributed by atoms with Crippen LogP contribution in [-0.2, 0) is 9.59 Å². The Morgan fingerprint density at radius 1 is 1.30 bits per heavy atom. The van der Waals surface area contributed by atoms with Gasteiger partial charge in [0.1, 0.15) is 11.6 Å². The van der Waals surface area contributed by atoms with Crippen molar-refractivity contribution in [3.05, 3.63) is 35.4 Å². The molecule has 1 fully saturated rings. The molecule has 1 aromatic rings. The fraction of sp³-hybridized carbons (Fsp3) is 0.529. The van der Waals surface area contributed by atoms with Crippen LogP contribution in [0.5, 0.6) is 0 Å². The normalized spacial score (nSPS) is 20.2. The van der Waals surface area contributed by atoms with Crippen molar-refractivity contribution < 1.29 is 23.5 Å². The maximum atomic E-state index is 13.7. The minimum Gasteiger partial charge on any atom is -0.481 e. The molecule has 1 amide bonds. The van der Waals surface area contributed by atoms with Crippen LogP contribution in [0, 0.1) is 23.0 Å². The lowest BCUT2D eigenvalue weighted by Crippen LogP contribution is -2.43. The second-order valence-electron chi connectivity index (χ2n) is 6.12. The molecule has 2 rings (SSSR count). The summed E-state index contributed by atoms with van der Waals surface area (Å²) in [6, 6.07) is 3.22. The summed E-state index contributed by atoms with van der Waals surface area (Å²) in [5.74, 6) is -3.06. The Hall–Kier alpha value is -1.98. The van der Waals surface area contributed by atoms with Gasteiger partial charge in [0, 0.05) is 12.5 Å². The number of hydrogen-bond donors (Lipinski definition) is 2. The highest BCUT2D eigenvalue weighted by Gasteiger charge is 2.46. The quantitative estimate of drug-likeness (QED) is 0.809. The molecule has 1 aliphatic carbocycles. The predicted molar refractivity (Wildman–Crippen MR) is 80.9 cm³/mol. The molecule has 2 N–H and O–H groups in total. The standard InChI is InChI=1S/C17H21F2NO3/c1-3-17(4-2,16(22)23)9-20-15(21)13-8-11(13)12-7-10(18)5-6-14(12)19/h5-7,11,13H,3-4,8-9H2,1-2H3,(H,20,21)(H,22,23). The van der Waals surface area contributed by atoms with Crippen molar-refractivity contribution in [2.75, 3.05) is 6.54 Å². The number of carboxylic acids is 1. The third kappa shape index (κ3) is 3.51. The average Bonchev–Trinajstić information content (AvgIpc) is 3.31. The topological polar surface area (TPSA) is 66.4 Å². The molecular weight excluding hydrogens is 304 g/mol. The van der Waals surface area contributed by atoms with E-state index >= 15 is 0 Å². The molecule has 0 heterocycles. The number of rotatable bonds is 7. The van der Waals surface area contributed by atoms with Crippen LogP contribution in [-0.4, -0.2) is 23.5 Å². The van der Waals surface area contributed by atoms with Crippen molar-refractivity contribution in [2.24, 2.45) is 11.3 Å². The van der Waals surface area contributed by atoms with Crippen LogP contribution in [0.2, 0.25) is 0 Å². The lowest BCUT2D eigenvalue weighted by Gasteiger charge is -2.26. The van der Waals surface area contributed by atoms with Gasteiger partial charge in [0.2, 0.25) is 5.91 Å². The van der Waals surface area contributed by atoms with Gasteiger partial charge in [0.05, 0.1) is 5.41 Å². The van der Waals surface area contributed by atoms with Crippen LogP contribution in [0.3, 0.4) is 0 Å². The van der Waals surface area contributed by atoms with E-state index in [1.807, 2.05) is 0 Å². The fourth-order valence-corrected chi connectivity index (χ4v) is 2.89. The molecule has 4 nitrogen and oxygen atoms in total. The largest absolute Gasteiger partial charge is 0.481 e. The first-order valence-electron chi connectivity index (χ1n) is 7.80. The lowest BCUT2D eigenvalue weighted by molar-refractivity contribution is -0.149. The average molecular weight is 325 g/mol. The zero-order chi connectivity index (χ0) is 17.2. The van der Waals surface area contributed by atoms with E-state index in [4.69, 9.17) is 0 Å². The summed E-state index contributed by atoms with van der Waals surface area (Å²) in [6.07, 6.45) is 1.27. The van der Waals surface area contributed by atoms with Crippen molar-refractivity contribution in [2.45, 2.75) is 39.0 Å². The number of amides is 1. The summed E-state index contributed by atoms with van der Waals surface area (Å²) in [6.45, 7) is 3.58. The zero-order valence-electron chi connectivity index (χ0n) is 13.2. The molecule has 0 bridgehead atoms. The number of aliphatic carboxylic acids is 1. The van der Waals surface area contributed by atoms with Crippen molar-refractivity contribution in [1.82, 2.24) is 5.32 Å². The van der Waals surface area contributed by atoms with E-state index < -0.39 is 28.9 Å². The molecule has 23 heavy (non-hydrogen) atoms. The Kier molecular flexibility index (Phi) is 5.02. The number of hydrogen-bond acceptors (Lipinski definition) is 2. The summed E-state index contributed by atoms with van der Waals surface area (Å²) in [5.41, 5.74) is -0.773. The van der Waals surface area contributed by atoms with Crippen LogP contribution < -0.4 is 5.32 Å². The van der Waals surface area contributed by atoms with Crippen LogP contribution in [0.25, 0.3) is 0 Å². The molecule has 0 aromatic heterocycles. The van der Waals surface area contributed by atoms with Gasteiger partial charge in [0.25, 0.3) is 0 Å². The van der Waals surface area contributed by atoms with Crippen LogP contribution >= 0.6 is 0 Å². The molecule has 126 valence electrons. The third-order valence-electron chi connectivity index (χ3n) is 4.89. The SMILES string of the molecule is CCC(CC)(CNC(=O)C1CC1c1cc(F)ccc1F)C(=O)O. The Bertz CT molecular complexity index is 614. The summed E-state index contributed by atoms with van der Waals surface area (Å²) >= 11 is 0. The summed E-state index contributed by atoms with van der Waals surface area (Å²) in [4.78, 5) is 23.6. The predicted octanol–water partition coefficient (Wildman–Crippen LogP) is 3.08. The van der Waals surface area contributed by atoms with Gasteiger partial charge < -0.3 is 10.4 Å². The van der Waals surface area contributed by atoms with Gasteiger partial charge in [-0.1, -0.05) is 13.8 Å². The minimum absolute atomic E-state index is 0.0447. The third-order valence-corrected chi connectivity index (χ3v) is 4.89. The molecule has 2 unspecified atom stereocenters. The zero-order valence-corrected chi connectivity index (χ0v) is 13.2. The molecule has 2 atom stereocenters. The van der Waals surface area contributed by atoms with E-state index in [2.05, 4.69) is 5.32 Å². The number of benzene rings is 1. The second kappa shape index (κ2) is 6.64. The minimum atomic E-state index is -0.982. The maximum Gasteiger partial charge on any atom is 0.311 e. The number of carboxylic acid groups (broad SMARTS) is 1. The van der Waals surface area contributed by atoms with Gasteiger partial charge in [-0.2, -0.15) is 0 Å². The summed E-state index contributed by atoms with van der Waals surface area (Å²) in [5, 5.41) is 12.0. The Balaban J connectivity index is 1.99. The first kappa shape index (κ1) is 17.4. The van der Waals surface area contributed by atoms with Crippen LogP contribution in [0.15, 0.2) is 18.2 Å². The van der Waals surface area contributed by atoms with Crippen LogP contribution in [0.1, 0.15) is 44.6 Å². The number of halogens is 2. The Morgan fingerprint density at radius 3 is 2.52 bits per heavy atom. The number of nitrogens with one attached hydrogen (secondary N) is 1. The Labute approximate surface area is 133 Å². The number of carbonyl (C=O) groups excluding carboxylic acids is 1. The maximum absolute atomic E-state index is 13.7. The van der Waals surface area contributed by atoms with E-state index in [1.165, 1.54) is 0 Å². The van der Waals surface area contributed by atoms with Gasteiger partial charge in [-0.3, -0.25) is 9.59 Å². The van der Waals surface area contributed by atoms with E-state index in [0.29, 0.717) is 19.3 Å². The highest BCUT2D eigenvalue weighted by atomic mass is 19.1. The second-order valence-corrected chi connectivity index (χ2v) is 6.12. The molecule has 0 spiro atoms. The summed E-state index contributed by atoms with van der Waals surface area (Å²) < 4.78 is 26.9. The monoisotopic (exact) mass is 325 g/mol. The first-order valence-corrected chi connectivity index (χ1v) is 7.80. The molecule has 6 heteroatoms. The molecule has 1 aromatic carbocycles. The van der Waals surface area contributed by atoms with Gasteiger partial charge >= 0.3 is 5.97 Å². The van der Waals surface area contributed by atoms with Crippen molar-refractivity contribution in [1.29, 1.82) is 0 Å².